The van der Waals surface area contributed by atoms with Crippen LogP contribution < -0.4 is 0 Å². The normalized spacial score (nSPS) is 38.2. The van der Waals surface area contributed by atoms with Gasteiger partial charge in [0.25, 0.3) is 0 Å². The highest BCUT2D eigenvalue weighted by Crippen LogP contribution is 2.33. The summed E-state index contributed by atoms with van der Waals surface area (Å²) in [7, 11) is 0. The van der Waals surface area contributed by atoms with E-state index < -0.39 is 0 Å². The first-order valence-corrected chi connectivity index (χ1v) is 4.18. The maximum absolute atomic E-state index is 5.45. The minimum atomic E-state index is 0.153. The van der Waals surface area contributed by atoms with Gasteiger partial charge in [-0.2, -0.15) is 0 Å². The van der Waals surface area contributed by atoms with Crippen molar-refractivity contribution in [1.29, 1.82) is 0 Å². The maximum Gasteiger partial charge on any atom is 0.110 e. The standard InChI is InChI=1S/C6H12OS/c1-6(8-2)4-3-5-7-6/h3-5H2,1-2H3. The quantitative estimate of drug-likeness (QED) is 0.538. The summed E-state index contributed by atoms with van der Waals surface area (Å²) in [6, 6.07) is 0. The van der Waals surface area contributed by atoms with E-state index in [2.05, 4.69) is 13.2 Å². The molecule has 1 saturated heterocycles. The van der Waals surface area contributed by atoms with Gasteiger partial charge < -0.3 is 4.74 Å². The molecule has 0 bridgehead atoms. The second-order valence-corrected chi connectivity index (χ2v) is 3.56. The van der Waals surface area contributed by atoms with Gasteiger partial charge in [-0.25, -0.2) is 0 Å². The highest BCUT2D eigenvalue weighted by molar-refractivity contribution is 7.99. The Labute approximate surface area is 54.8 Å². The average molecular weight is 132 g/mol. The van der Waals surface area contributed by atoms with Crippen molar-refractivity contribution in [2.45, 2.75) is 24.7 Å². The van der Waals surface area contributed by atoms with Gasteiger partial charge in [0.2, 0.25) is 0 Å². The molecule has 2 heteroatoms. The predicted octanol–water partition coefficient (Wildman–Crippen LogP) is 1.88. The molecule has 1 fully saturated rings. The number of rotatable bonds is 1. The summed E-state index contributed by atoms with van der Waals surface area (Å²) in [5.74, 6) is 0. The van der Waals surface area contributed by atoms with Crippen LogP contribution in [-0.2, 0) is 4.74 Å². The van der Waals surface area contributed by atoms with Gasteiger partial charge in [0.05, 0.1) is 0 Å². The lowest BCUT2D eigenvalue weighted by Gasteiger charge is -2.18. The van der Waals surface area contributed by atoms with Crippen LogP contribution in [0.4, 0.5) is 0 Å². The van der Waals surface area contributed by atoms with Crippen molar-refractivity contribution in [3.8, 4) is 0 Å². The summed E-state index contributed by atoms with van der Waals surface area (Å²) in [5, 5.41) is 0. The fourth-order valence-electron chi connectivity index (χ4n) is 0.915. The molecule has 0 saturated carbocycles. The van der Waals surface area contributed by atoms with E-state index in [1.807, 2.05) is 11.8 Å². The zero-order chi connectivity index (χ0) is 6.04. The Hall–Kier alpha value is 0.310. The van der Waals surface area contributed by atoms with E-state index in [1.54, 1.807) is 0 Å². The molecule has 0 N–H and O–H groups in total. The molecular formula is C6H12OS. The molecule has 0 aliphatic carbocycles. The first-order valence-electron chi connectivity index (χ1n) is 2.96. The molecular weight excluding hydrogens is 120 g/mol. The molecule has 0 aromatic rings. The fraction of sp³-hybridized carbons (Fsp3) is 1.00. The van der Waals surface area contributed by atoms with Crippen molar-refractivity contribution >= 4 is 11.8 Å². The third-order valence-corrected chi connectivity index (χ3v) is 2.80. The minimum Gasteiger partial charge on any atom is -0.365 e. The van der Waals surface area contributed by atoms with E-state index >= 15 is 0 Å². The zero-order valence-electron chi connectivity index (χ0n) is 5.44. The van der Waals surface area contributed by atoms with Crippen molar-refractivity contribution in [1.82, 2.24) is 0 Å². The van der Waals surface area contributed by atoms with Crippen LogP contribution in [0.25, 0.3) is 0 Å². The first-order chi connectivity index (χ1) is 3.77. The molecule has 1 unspecified atom stereocenters. The Morgan fingerprint density at radius 1 is 1.62 bits per heavy atom. The zero-order valence-corrected chi connectivity index (χ0v) is 6.25. The monoisotopic (exact) mass is 132 g/mol. The van der Waals surface area contributed by atoms with Crippen molar-refractivity contribution < 1.29 is 4.74 Å². The second kappa shape index (κ2) is 2.28. The van der Waals surface area contributed by atoms with Crippen LogP contribution in [0.5, 0.6) is 0 Å². The second-order valence-electron chi connectivity index (χ2n) is 2.29. The van der Waals surface area contributed by atoms with Gasteiger partial charge in [-0.1, -0.05) is 0 Å². The van der Waals surface area contributed by atoms with Crippen LogP contribution in [0.3, 0.4) is 0 Å². The Morgan fingerprint density at radius 2 is 2.38 bits per heavy atom. The summed E-state index contributed by atoms with van der Waals surface area (Å²) >= 11 is 1.81. The molecule has 8 heavy (non-hydrogen) atoms. The van der Waals surface area contributed by atoms with Gasteiger partial charge in [0, 0.05) is 6.61 Å². The molecule has 48 valence electrons. The van der Waals surface area contributed by atoms with Crippen molar-refractivity contribution in [2.24, 2.45) is 0 Å². The Bertz CT molecular complexity index is 76.6. The van der Waals surface area contributed by atoms with Crippen LogP contribution in [0, 0.1) is 0 Å². The molecule has 1 nitrogen and oxygen atoms in total. The molecule has 0 aromatic heterocycles. The fourth-order valence-corrected chi connectivity index (χ4v) is 1.46. The lowest BCUT2D eigenvalue weighted by Crippen LogP contribution is -2.15. The van der Waals surface area contributed by atoms with Crippen molar-refractivity contribution in [3.63, 3.8) is 0 Å². The number of thioether (sulfide) groups is 1. The largest absolute Gasteiger partial charge is 0.365 e. The average Bonchev–Trinajstić information content (AvgIpc) is 2.17. The van der Waals surface area contributed by atoms with Crippen molar-refractivity contribution in [2.75, 3.05) is 12.9 Å². The van der Waals surface area contributed by atoms with E-state index in [-0.39, 0.29) is 4.93 Å². The molecule has 1 atom stereocenters. The third-order valence-electron chi connectivity index (χ3n) is 1.61. The number of ether oxygens (including phenoxy) is 1. The molecule has 1 aliphatic heterocycles. The smallest absolute Gasteiger partial charge is 0.110 e. The van der Waals surface area contributed by atoms with E-state index in [1.165, 1.54) is 12.8 Å². The lowest BCUT2D eigenvalue weighted by molar-refractivity contribution is 0.0974. The van der Waals surface area contributed by atoms with Crippen LogP contribution in [0.2, 0.25) is 0 Å². The summed E-state index contributed by atoms with van der Waals surface area (Å²) in [4.78, 5) is 0.153. The number of hydrogen-bond acceptors (Lipinski definition) is 2. The predicted molar refractivity (Wildman–Crippen MR) is 37.1 cm³/mol. The van der Waals surface area contributed by atoms with Gasteiger partial charge in [-0.3, -0.25) is 0 Å². The van der Waals surface area contributed by atoms with Gasteiger partial charge in [-0.15, -0.1) is 11.8 Å². The molecule has 0 amide bonds. The van der Waals surface area contributed by atoms with E-state index in [0.717, 1.165) is 6.61 Å². The van der Waals surface area contributed by atoms with Crippen LogP contribution >= 0.6 is 11.8 Å². The highest BCUT2D eigenvalue weighted by atomic mass is 32.2. The topological polar surface area (TPSA) is 9.23 Å². The van der Waals surface area contributed by atoms with E-state index in [4.69, 9.17) is 4.74 Å². The summed E-state index contributed by atoms with van der Waals surface area (Å²) in [5.41, 5.74) is 0. The first kappa shape index (κ1) is 6.43. The molecule has 1 rings (SSSR count). The summed E-state index contributed by atoms with van der Waals surface area (Å²) in [6.07, 6.45) is 4.55. The lowest BCUT2D eigenvalue weighted by atomic mass is 10.3. The molecule has 1 heterocycles. The third kappa shape index (κ3) is 1.17. The van der Waals surface area contributed by atoms with Gasteiger partial charge in [0.1, 0.15) is 4.93 Å². The van der Waals surface area contributed by atoms with Gasteiger partial charge in [0.15, 0.2) is 0 Å². The van der Waals surface area contributed by atoms with Crippen molar-refractivity contribution in [3.05, 3.63) is 0 Å². The highest BCUT2D eigenvalue weighted by Gasteiger charge is 2.27. The Morgan fingerprint density at radius 3 is 2.62 bits per heavy atom. The minimum absolute atomic E-state index is 0.153. The van der Waals surface area contributed by atoms with Gasteiger partial charge >= 0.3 is 0 Å². The SMILES string of the molecule is CSC1(C)CCCO1. The molecule has 0 radical (unpaired) electrons. The van der Waals surface area contributed by atoms with E-state index in [9.17, 15) is 0 Å². The summed E-state index contributed by atoms with van der Waals surface area (Å²) in [6.45, 7) is 3.11. The molecule has 0 spiro atoms. The summed E-state index contributed by atoms with van der Waals surface area (Å²) < 4.78 is 5.45. The number of hydrogen-bond donors (Lipinski definition) is 0. The van der Waals surface area contributed by atoms with Crippen LogP contribution in [0.15, 0.2) is 0 Å². The Kier molecular flexibility index (Phi) is 1.83. The maximum atomic E-state index is 5.45. The van der Waals surface area contributed by atoms with Crippen LogP contribution in [0.1, 0.15) is 19.8 Å². The van der Waals surface area contributed by atoms with Crippen LogP contribution in [-0.4, -0.2) is 17.8 Å². The van der Waals surface area contributed by atoms with E-state index in [0.29, 0.717) is 0 Å². The molecule has 1 aliphatic rings. The molecule has 0 aromatic carbocycles. The Balaban J connectivity index is 2.40. The van der Waals surface area contributed by atoms with Gasteiger partial charge in [-0.05, 0) is 26.0 Å².